The second-order valence-corrected chi connectivity index (χ2v) is 8.26. The molecule has 0 aliphatic carbocycles. The van der Waals surface area contributed by atoms with Gasteiger partial charge < -0.3 is 4.90 Å². The highest BCUT2D eigenvalue weighted by atomic mass is 19.1. The van der Waals surface area contributed by atoms with Crippen LogP contribution in [-0.4, -0.2) is 61.4 Å². The molecule has 4 rings (SSSR count). The summed E-state index contributed by atoms with van der Waals surface area (Å²) in [5, 5.41) is 9.10. The van der Waals surface area contributed by atoms with Crippen LogP contribution in [0.1, 0.15) is 37.6 Å². The molecule has 0 spiro atoms. The van der Waals surface area contributed by atoms with E-state index >= 15 is 0 Å². The van der Waals surface area contributed by atoms with Crippen molar-refractivity contribution < 1.29 is 9.18 Å². The minimum Gasteiger partial charge on any atom is -0.340 e. The van der Waals surface area contributed by atoms with Gasteiger partial charge in [-0.3, -0.25) is 19.1 Å². The summed E-state index contributed by atoms with van der Waals surface area (Å²) in [6, 6.07) is 6.98. The summed E-state index contributed by atoms with van der Waals surface area (Å²) in [5.41, 5.74) is 3.93. The summed E-state index contributed by atoms with van der Waals surface area (Å²) in [6.45, 7) is 10.4. The molecular formula is C22H29FN6O. The summed E-state index contributed by atoms with van der Waals surface area (Å²) in [5.74, 6) is -0.0545. The Morgan fingerprint density at radius 2 is 1.97 bits per heavy atom. The Morgan fingerprint density at radius 1 is 1.20 bits per heavy atom. The quantitative estimate of drug-likeness (QED) is 0.625. The molecule has 30 heavy (non-hydrogen) atoms. The minimum atomic E-state index is -0.205. The number of aromatic nitrogens is 4. The third-order valence-corrected chi connectivity index (χ3v) is 5.71. The molecule has 1 amide bonds. The maximum absolute atomic E-state index is 13.4. The van der Waals surface area contributed by atoms with Gasteiger partial charge in [0.15, 0.2) is 0 Å². The standard InChI is InChI=1S/C22H29FN6O/c1-16(2)29-20-14-24-28(22(20)17(3)25-29)8-7-21(30)27-11-9-26(10-12-27)15-18-5-4-6-19(23)13-18/h4-6,13-14,16H,7-12,15H2,1-3H3. The summed E-state index contributed by atoms with van der Waals surface area (Å²) in [6.07, 6.45) is 2.26. The van der Waals surface area contributed by atoms with Gasteiger partial charge in [-0.1, -0.05) is 12.1 Å². The molecule has 7 nitrogen and oxygen atoms in total. The van der Waals surface area contributed by atoms with E-state index in [2.05, 4.69) is 28.9 Å². The van der Waals surface area contributed by atoms with Crippen molar-refractivity contribution in [2.45, 2.75) is 46.3 Å². The van der Waals surface area contributed by atoms with Gasteiger partial charge in [-0.05, 0) is 38.5 Å². The number of benzene rings is 1. The lowest BCUT2D eigenvalue weighted by Gasteiger charge is -2.34. The number of amides is 1. The molecule has 1 aliphatic heterocycles. The number of aryl methyl sites for hydroxylation is 2. The van der Waals surface area contributed by atoms with Crippen molar-refractivity contribution in [2.75, 3.05) is 26.2 Å². The molecule has 0 unspecified atom stereocenters. The number of fused-ring (bicyclic) bond motifs is 1. The van der Waals surface area contributed by atoms with E-state index in [0.717, 1.165) is 35.4 Å². The van der Waals surface area contributed by atoms with E-state index in [0.29, 0.717) is 32.6 Å². The monoisotopic (exact) mass is 412 g/mol. The summed E-state index contributed by atoms with van der Waals surface area (Å²) in [7, 11) is 0. The highest BCUT2D eigenvalue weighted by Crippen LogP contribution is 2.21. The lowest BCUT2D eigenvalue weighted by Crippen LogP contribution is -2.48. The fourth-order valence-corrected chi connectivity index (χ4v) is 4.15. The van der Waals surface area contributed by atoms with Gasteiger partial charge in [0.25, 0.3) is 0 Å². The van der Waals surface area contributed by atoms with E-state index in [-0.39, 0.29) is 17.8 Å². The van der Waals surface area contributed by atoms with Crippen LogP contribution in [0.3, 0.4) is 0 Å². The Labute approximate surface area is 176 Å². The Balaban J connectivity index is 1.31. The van der Waals surface area contributed by atoms with Crippen LogP contribution >= 0.6 is 0 Å². The van der Waals surface area contributed by atoms with Gasteiger partial charge in [0, 0.05) is 45.2 Å². The Hall–Kier alpha value is -2.74. The molecule has 3 heterocycles. The van der Waals surface area contributed by atoms with Crippen molar-refractivity contribution in [3.63, 3.8) is 0 Å². The van der Waals surface area contributed by atoms with Gasteiger partial charge in [-0.25, -0.2) is 4.39 Å². The maximum atomic E-state index is 13.4. The fourth-order valence-electron chi connectivity index (χ4n) is 4.15. The highest BCUT2D eigenvalue weighted by molar-refractivity contribution is 5.79. The number of piperazine rings is 1. The van der Waals surface area contributed by atoms with E-state index in [1.807, 2.05) is 33.5 Å². The largest absolute Gasteiger partial charge is 0.340 e. The van der Waals surface area contributed by atoms with Crippen LogP contribution in [0, 0.1) is 12.7 Å². The average molecular weight is 413 g/mol. The normalized spacial score (nSPS) is 15.4. The zero-order valence-electron chi connectivity index (χ0n) is 17.9. The number of rotatable bonds is 6. The van der Waals surface area contributed by atoms with E-state index in [1.54, 1.807) is 12.1 Å². The zero-order chi connectivity index (χ0) is 21.3. The first kappa shape index (κ1) is 20.5. The second kappa shape index (κ2) is 8.55. The van der Waals surface area contributed by atoms with Crippen molar-refractivity contribution in [3.05, 3.63) is 47.5 Å². The number of hydrogen-bond donors (Lipinski definition) is 0. The lowest BCUT2D eigenvalue weighted by molar-refractivity contribution is -0.133. The molecule has 160 valence electrons. The second-order valence-electron chi connectivity index (χ2n) is 8.26. The summed E-state index contributed by atoms with van der Waals surface area (Å²) in [4.78, 5) is 16.9. The molecule has 0 saturated carbocycles. The van der Waals surface area contributed by atoms with Gasteiger partial charge >= 0.3 is 0 Å². The van der Waals surface area contributed by atoms with Gasteiger partial charge in [-0.2, -0.15) is 10.2 Å². The molecule has 0 atom stereocenters. The highest BCUT2D eigenvalue weighted by Gasteiger charge is 2.22. The molecule has 0 bridgehead atoms. The van der Waals surface area contributed by atoms with E-state index in [1.165, 1.54) is 6.07 Å². The van der Waals surface area contributed by atoms with Crippen LogP contribution < -0.4 is 0 Å². The molecule has 2 aromatic heterocycles. The molecule has 8 heteroatoms. The molecule has 1 saturated heterocycles. The first-order valence-electron chi connectivity index (χ1n) is 10.6. The molecule has 1 aliphatic rings. The Bertz CT molecular complexity index is 1030. The number of carbonyl (C=O) groups excluding carboxylic acids is 1. The first-order valence-corrected chi connectivity index (χ1v) is 10.6. The topological polar surface area (TPSA) is 59.2 Å². The van der Waals surface area contributed by atoms with Gasteiger partial charge in [0.1, 0.15) is 16.9 Å². The van der Waals surface area contributed by atoms with Crippen LogP contribution in [0.15, 0.2) is 30.5 Å². The van der Waals surface area contributed by atoms with Gasteiger partial charge in [0.2, 0.25) is 5.91 Å². The van der Waals surface area contributed by atoms with Crippen LogP contribution in [0.5, 0.6) is 0 Å². The average Bonchev–Trinajstić information content (AvgIpc) is 3.28. The third-order valence-electron chi connectivity index (χ3n) is 5.71. The SMILES string of the molecule is Cc1nn(C(C)C)c2cnn(CCC(=O)N3CCN(Cc4cccc(F)c4)CC3)c12. The smallest absolute Gasteiger partial charge is 0.224 e. The molecule has 1 aromatic carbocycles. The Kier molecular flexibility index (Phi) is 5.85. The van der Waals surface area contributed by atoms with Crippen molar-refractivity contribution in [1.29, 1.82) is 0 Å². The zero-order valence-corrected chi connectivity index (χ0v) is 17.9. The van der Waals surface area contributed by atoms with Crippen LogP contribution in [-0.2, 0) is 17.9 Å². The molecular weight excluding hydrogens is 383 g/mol. The first-order chi connectivity index (χ1) is 14.4. The van der Waals surface area contributed by atoms with Crippen molar-refractivity contribution in [2.24, 2.45) is 0 Å². The number of halogens is 1. The van der Waals surface area contributed by atoms with Gasteiger partial charge in [-0.15, -0.1) is 0 Å². The van der Waals surface area contributed by atoms with Crippen LogP contribution in [0.4, 0.5) is 4.39 Å². The molecule has 1 fully saturated rings. The number of hydrogen-bond acceptors (Lipinski definition) is 4. The van der Waals surface area contributed by atoms with Gasteiger partial charge in [0.05, 0.1) is 18.4 Å². The summed E-state index contributed by atoms with van der Waals surface area (Å²) < 4.78 is 17.2. The van der Waals surface area contributed by atoms with Crippen LogP contribution in [0.25, 0.3) is 11.0 Å². The predicted molar refractivity (Wildman–Crippen MR) is 114 cm³/mol. The van der Waals surface area contributed by atoms with E-state index in [4.69, 9.17) is 0 Å². The van der Waals surface area contributed by atoms with Crippen molar-refractivity contribution >= 4 is 16.9 Å². The van der Waals surface area contributed by atoms with Crippen molar-refractivity contribution in [3.8, 4) is 0 Å². The fraction of sp³-hybridized carbons (Fsp3) is 0.500. The lowest BCUT2D eigenvalue weighted by atomic mass is 10.2. The third kappa shape index (κ3) is 4.23. The molecule has 0 radical (unpaired) electrons. The van der Waals surface area contributed by atoms with E-state index in [9.17, 15) is 9.18 Å². The van der Waals surface area contributed by atoms with E-state index < -0.39 is 0 Å². The van der Waals surface area contributed by atoms with Crippen LogP contribution in [0.2, 0.25) is 0 Å². The van der Waals surface area contributed by atoms with Crippen molar-refractivity contribution in [1.82, 2.24) is 29.4 Å². The number of nitrogens with zero attached hydrogens (tertiary/aromatic N) is 6. The Morgan fingerprint density at radius 3 is 2.67 bits per heavy atom. The minimum absolute atomic E-state index is 0.151. The number of carbonyl (C=O) groups is 1. The summed E-state index contributed by atoms with van der Waals surface area (Å²) >= 11 is 0. The predicted octanol–water partition coefficient (Wildman–Crippen LogP) is 3.00. The maximum Gasteiger partial charge on any atom is 0.224 e. The molecule has 3 aromatic rings. The molecule has 0 N–H and O–H groups in total.